The van der Waals surface area contributed by atoms with Crippen LogP contribution >= 0.6 is 11.3 Å². The summed E-state index contributed by atoms with van der Waals surface area (Å²) in [7, 11) is 1.76. The lowest BCUT2D eigenvalue weighted by molar-refractivity contribution is -0.199. The number of likely N-dealkylation sites (N-methyl/N-ethyl adjacent to an activating group) is 1. The van der Waals surface area contributed by atoms with Gasteiger partial charge in [0.15, 0.2) is 0 Å². The number of nitrogens with one attached hydrogen (secondary N) is 1. The third-order valence-corrected chi connectivity index (χ3v) is 4.83. The Morgan fingerprint density at radius 3 is 2.74 bits per heavy atom. The minimum atomic E-state index is -4.08. The molecular weight excluding hydrogens is 273 g/mol. The van der Waals surface area contributed by atoms with E-state index in [-0.39, 0.29) is 18.4 Å². The standard InChI is InChI=1S/C13H19F3N2S/c1-17-12(6-9-7-18-8-19-9)10-4-2-3-5-11(10)13(14,15)16/h7-8,10-12,17H,2-6H2,1H3. The fraction of sp³-hybridized carbons (Fsp3) is 0.769. The van der Waals surface area contributed by atoms with Gasteiger partial charge in [0, 0.05) is 17.1 Å². The molecule has 1 saturated carbocycles. The van der Waals surface area contributed by atoms with Crippen molar-refractivity contribution in [3.8, 4) is 0 Å². The van der Waals surface area contributed by atoms with Crippen LogP contribution in [-0.2, 0) is 6.42 Å². The van der Waals surface area contributed by atoms with Crippen molar-refractivity contribution in [2.75, 3.05) is 7.05 Å². The highest BCUT2D eigenvalue weighted by Gasteiger charge is 2.47. The molecule has 1 aliphatic carbocycles. The quantitative estimate of drug-likeness (QED) is 0.916. The van der Waals surface area contributed by atoms with E-state index in [9.17, 15) is 13.2 Å². The molecule has 108 valence electrons. The molecule has 1 fully saturated rings. The fourth-order valence-electron chi connectivity index (χ4n) is 3.07. The first-order valence-electron chi connectivity index (χ1n) is 6.63. The van der Waals surface area contributed by atoms with Crippen molar-refractivity contribution >= 4 is 11.3 Å². The number of hydrogen-bond acceptors (Lipinski definition) is 3. The SMILES string of the molecule is CNC(Cc1cncs1)C1CCCCC1C(F)(F)F. The number of aromatic nitrogens is 1. The normalized spacial score (nSPS) is 26.3. The highest BCUT2D eigenvalue weighted by Crippen LogP contribution is 2.43. The molecule has 1 N–H and O–H groups in total. The summed E-state index contributed by atoms with van der Waals surface area (Å²) in [6.07, 6.45) is 0.839. The van der Waals surface area contributed by atoms with Gasteiger partial charge in [-0.3, -0.25) is 4.98 Å². The summed E-state index contributed by atoms with van der Waals surface area (Å²) < 4.78 is 39.4. The second kappa shape index (κ2) is 6.22. The minimum Gasteiger partial charge on any atom is -0.316 e. The van der Waals surface area contributed by atoms with Gasteiger partial charge in [0.2, 0.25) is 0 Å². The summed E-state index contributed by atoms with van der Waals surface area (Å²) in [5, 5.41) is 3.09. The third kappa shape index (κ3) is 3.69. The molecule has 6 heteroatoms. The summed E-state index contributed by atoms with van der Waals surface area (Å²) in [4.78, 5) is 5.04. The molecule has 0 aromatic carbocycles. The van der Waals surface area contributed by atoms with Crippen molar-refractivity contribution in [3.05, 3.63) is 16.6 Å². The van der Waals surface area contributed by atoms with Crippen LogP contribution in [0.25, 0.3) is 0 Å². The van der Waals surface area contributed by atoms with E-state index in [4.69, 9.17) is 0 Å². The predicted molar refractivity (Wildman–Crippen MR) is 70.2 cm³/mol. The topological polar surface area (TPSA) is 24.9 Å². The molecule has 2 rings (SSSR count). The molecular formula is C13H19F3N2S. The molecule has 1 aromatic rings. The molecule has 1 aromatic heterocycles. The van der Waals surface area contributed by atoms with Gasteiger partial charge in [-0.05, 0) is 32.2 Å². The zero-order chi connectivity index (χ0) is 13.9. The maximum atomic E-state index is 13.1. The van der Waals surface area contributed by atoms with Crippen molar-refractivity contribution in [3.63, 3.8) is 0 Å². The lowest BCUT2D eigenvalue weighted by atomic mass is 9.74. The number of halogens is 3. The zero-order valence-electron chi connectivity index (χ0n) is 10.9. The molecule has 1 heterocycles. The van der Waals surface area contributed by atoms with Crippen molar-refractivity contribution in [1.29, 1.82) is 0 Å². The molecule has 0 saturated heterocycles. The fourth-order valence-corrected chi connectivity index (χ4v) is 3.73. The first-order valence-corrected chi connectivity index (χ1v) is 7.51. The zero-order valence-corrected chi connectivity index (χ0v) is 11.7. The van der Waals surface area contributed by atoms with Gasteiger partial charge >= 0.3 is 6.18 Å². The molecule has 0 spiro atoms. The van der Waals surface area contributed by atoms with Gasteiger partial charge in [0.25, 0.3) is 0 Å². The molecule has 0 radical (unpaired) electrons. The van der Waals surface area contributed by atoms with Gasteiger partial charge in [0.1, 0.15) is 0 Å². The van der Waals surface area contributed by atoms with Crippen LogP contribution in [0.1, 0.15) is 30.6 Å². The highest BCUT2D eigenvalue weighted by molar-refractivity contribution is 7.09. The Bertz CT molecular complexity index is 378. The van der Waals surface area contributed by atoms with Crippen molar-refractivity contribution in [2.45, 2.75) is 44.3 Å². The van der Waals surface area contributed by atoms with Gasteiger partial charge in [-0.1, -0.05) is 12.8 Å². The average Bonchev–Trinajstić information content (AvgIpc) is 2.88. The lowest BCUT2D eigenvalue weighted by Gasteiger charge is -2.38. The third-order valence-electron chi connectivity index (χ3n) is 4.03. The summed E-state index contributed by atoms with van der Waals surface area (Å²) in [6, 6.07) is -0.118. The van der Waals surface area contributed by atoms with Crippen LogP contribution in [0.2, 0.25) is 0 Å². The second-order valence-corrected chi connectivity index (χ2v) is 6.13. The number of alkyl halides is 3. The molecule has 0 amide bonds. The molecule has 2 nitrogen and oxygen atoms in total. The number of thiazole rings is 1. The Kier molecular flexibility index (Phi) is 4.84. The molecule has 1 aliphatic rings. The Morgan fingerprint density at radius 2 is 2.16 bits per heavy atom. The van der Waals surface area contributed by atoms with Crippen LogP contribution in [0.15, 0.2) is 11.7 Å². The van der Waals surface area contributed by atoms with E-state index in [0.29, 0.717) is 19.3 Å². The Hall–Kier alpha value is -0.620. The van der Waals surface area contributed by atoms with E-state index < -0.39 is 12.1 Å². The van der Waals surface area contributed by atoms with Gasteiger partial charge in [-0.25, -0.2) is 0 Å². The predicted octanol–water partition coefficient (Wildman–Crippen LogP) is 3.64. The van der Waals surface area contributed by atoms with E-state index in [1.165, 1.54) is 11.3 Å². The van der Waals surface area contributed by atoms with E-state index in [0.717, 1.165) is 11.3 Å². The molecule has 0 bridgehead atoms. The van der Waals surface area contributed by atoms with Crippen LogP contribution in [0, 0.1) is 11.8 Å². The first kappa shape index (κ1) is 14.8. The van der Waals surface area contributed by atoms with Crippen molar-refractivity contribution in [2.24, 2.45) is 11.8 Å². The van der Waals surface area contributed by atoms with Crippen molar-refractivity contribution < 1.29 is 13.2 Å². The van der Waals surface area contributed by atoms with Gasteiger partial charge in [-0.2, -0.15) is 13.2 Å². The van der Waals surface area contributed by atoms with Crippen LogP contribution in [-0.4, -0.2) is 24.2 Å². The molecule has 3 unspecified atom stereocenters. The van der Waals surface area contributed by atoms with E-state index in [2.05, 4.69) is 10.3 Å². The van der Waals surface area contributed by atoms with E-state index >= 15 is 0 Å². The van der Waals surface area contributed by atoms with Crippen LogP contribution in [0.5, 0.6) is 0 Å². The summed E-state index contributed by atoms with van der Waals surface area (Å²) in [5.41, 5.74) is 1.73. The largest absolute Gasteiger partial charge is 0.392 e. The van der Waals surface area contributed by atoms with Crippen LogP contribution in [0.4, 0.5) is 13.2 Å². The Morgan fingerprint density at radius 1 is 1.42 bits per heavy atom. The van der Waals surface area contributed by atoms with Gasteiger partial charge in [-0.15, -0.1) is 11.3 Å². The van der Waals surface area contributed by atoms with Gasteiger partial charge in [0.05, 0.1) is 11.4 Å². The van der Waals surface area contributed by atoms with Gasteiger partial charge < -0.3 is 5.32 Å². The smallest absolute Gasteiger partial charge is 0.316 e. The molecule has 0 aliphatic heterocycles. The second-order valence-electron chi connectivity index (χ2n) is 5.16. The average molecular weight is 292 g/mol. The van der Waals surface area contributed by atoms with Crippen LogP contribution in [0.3, 0.4) is 0 Å². The number of hydrogen-bond donors (Lipinski definition) is 1. The van der Waals surface area contributed by atoms with E-state index in [1.54, 1.807) is 18.8 Å². The maximum Gasteiger partial charge on any atom is 0.392 e. The van der Waals surface area contributed by atoms with Crippen molar-refractivity contribution in [1.82, 2.24) is 10.3 Å². The Balaban J connectivity index is 2.10. The van der Waals surface area contributed by atoms with E-state index in [1.807, 2.05) is 0 Å². The minimum absolute atomic E-state index is 0.118. The lowest BCUT2D eigenvalue weighted by Crippen LogP contribution is -2.45. The summed E-state index contributed by atoms with van der Waals surface area (Å²) in [5.74, 6) is -1.48. The molecule has 19 heavy (non-hydrogen) atoms. The monoisotopic (exact) mass is 292 g/mol. The number of rotatable bonds is 4. The maximum absolute atomic E-state index is 13.1. The highest BCUT2D eigenvalue weighted by atomic mass is 32.1. The Labute approximate surface area is 115 Å². The summed E-state index contributed by atoms with van der Waals surface area (Å²) >= 11 is 1.51. The number of nitrogens with zero attached hydrogens (tertiary/aromatic N) is 1. The summed E-state index contributed by atoms with van der Waals surface area (Å²) in [6.45, 7) is 0. The first-order chi connectivity index (χ1) is 9.02. The molecule has 3 atom stereocenters. The van der Waals surface area contributed by atoms with Crippen LogP contribution < -0.4 is 5.32 Å².